The first-order chi connectivity index (χ1) is 7.47. The third kappa shape index (κ3) is 7.00. The van der Waals surface area contributed by atoms with Crippen molar-refractivity contribution < 1.29 is 14.7 Å². The van der Waals surface area contributed by atoms with Crippen LogP contribution in [0.2, 0.25) is 0 Å². The van der Waals surface area contributed by atoms with Gasteiger partial charge in [0.25, 0.3) is 0 Å². The molecule has 0 heterocycles. The summed E-state index contributed by atoms with van der Waals surface area (Å²) < 4.78 is 0. The van der Waals surface area contributed by atoms with E-state index in [1.54, 1.807) is 18.0 Å². The van der Waals surface area contributed by atoms with E-state index in [9.17, 15) is 9.59 Å². The minimum Gasteiger partial charge on any atom is -0.478 e. The van der Waals surface area contributed by atoms with E-state index in [1.807, 2.05) is 6.92 Å². The molecule has 0 aliphatic heterocycles. The minimum absolute atomic E-state index is 0.0364. The Morgan fingerprint density at radius 3 is 2.56 bits per heavy atom. The van der Waals surface area contributed by atoms with Crippen molar-refractivity contribution in [1.82, 2.24) is 10.2 Å². The molecule has 0 radical (unpaired) electrons. The Hall–Kier alpha value is -1.36. The van der Waals surface area contributed by atoms with Crippen molar-refractivity contribution in [2.24, 2.45) is 0 Å². The van der Waals surface area contributed by atoms with Gasteiger partial charge >= 0.3 is 5.97 Å². The molecule has 2 N–H and O–H groups in total. The number of hydrogen-bond acceptors (Lipinski definition) is 3. The molecule has 0 aliphatic carbocycles. The highest BCUT2D eigenvalue weighted by Crippen LogP contribution is 1.93. The third-order valence-corrected chi connectivity index (χ3v) is 2.03. The van der Waals surface area contributed by atoms with Crippen molar-refractivity contribution in [1.29, 1.82) is 0 Å². The lowest BCUT2D eigenvalue weighted by Gasteiger charge is -2.14. The van der Waals surface area contributed by atoms with Gasteiger partial charge in [-0.25, -0.2) is 4.79 Å². The van der Waals surface area contributed by atoms with Gasteiger partial charge in [-0.05, 0) is 20.4 Å². The smallest absolute Gasteiger partial charge is 0.330 e. The van der Waals surface area contributed by atoms with E-state index >= 15 is 0 Å². The Kier molecular flexibility index (Phi) is 7.20. The highest BCUT2D eigenvalue weighted by atomic mass is 16.4. The predicted octanol–water partition coefficient (Wildman–Crippen LogP) is 0.475. The van der Waals surface area contributed by atoms with Gasteiger partial charge in [-0.1, -0.05) is 13.0 Å². The van der Waals surface area contributed by atoms with Crippen molar-refractivity contribution in [2.75, 3.05) is 26.7 Å². The van der Waals surface area contributed by atoms with Crippen LogP contribution in [0, 0.1) is 0 Å². The maximum atomic E-state index is 11.3. The Morgan fingerprint density at radius 1 is 1.44 bits per heavy atom. The van der Waals surface area contributed by atoms with E-state index in [0.717, 1.165) is 6.42 Å². The maximum Gasteiger partial charge on any atom is 0.330 e. The van der Waals surface area contributed by atoms with Gasteiger partial charge in [0.15, 0.2) is 0 Å². The molecule has 0 aromatic rings. The molecule has 5 heteroatoms. The number of likely N-dealkylation sites (N-methyl/N-ethyl adjacent to an activating group) is 1. The third-order valence-electron chi connectivity index (χ3n) is 2.03. The zero-order chi connectivity index (χ0) is 12.6. The van der Waals surface area contributed by atoms with Crippen molar-refractivity contribution >= 4 is 11.9 Å². The second kappa shape index (κ2) is 7.87. The van der Waals surface area contributed by atoms with Gasteiger partial charge in [0.1, 0.15) is 0 Å². The second-order valence-corrected chi connectivity index (χ2v) is 3.74. The molecule has 16 heavy (non-hydrogen) atoms. The molecule has 0 spiro atoms. The van der Waals surface area contributed by atoms with Crippen LogP contribution in [-0.2, 0) is 9.59 Å². The molecule has 0 saturated carbocycles. The average Bonchev–Trinajstić information content (AvgIpc) is 2.22. The summed E-state index contributed by atoms with van der Waals surface area (Å²) in [5, 5.41) is 11.4. The number of nitrogens with zero attached hydrogens (tertiary/aromatic N) is 1. The summed E-state index contributed by atoms with van der Waals surface area (Å²) in [6.07, 6.45) is 2.50. The standard InChI is InChI=1S/C11H20N2O3/c1-4-6-12-10(14)8-13(3)7-5-9(2)11(15)16/h5H,4,6-8H2,1-3H3,(H,12,14)(H,15,16). The lowest BCUT2D eigenvalue weighted by Crippen LogP contribution is -2.35. The number of nitrogens with one attached hydrogen (secondary N) is 1. The first-order valence-electron chi connectivity index (χ1n) is 5.32. The van der Waals surface area contributed by atoms with Crippen molar-refractivity contribution in [2.45, 2.75) is 20.3 Å². The molecule has 5 nitrogen and oxygen atoms in total. The molecule has 0 atom stereocenters. The fourth-order valence-corrected chi connectivity index (χ4v) is 1.01. The van der Waals surface area contributed by atoms with E-state index in [1.165, 1.54) is 6.92 Å². The van der Waals surface area contributed by atoms with Crippen LogP contribution in [0.15, 0.2) is 11.6 Å². The second-order valence-electron chi connectivity index (χ2n) is 3.74. The molecule has 92 valence electrons. The first kappa shape index (κ1) is 14.6. The lowest BCUT2D eigenvalue weighted by molar-refractivity contribution is -0.132. The highest BCUT2D eigenvalue weighted by molar-refractivity contribution is 5.85. The Bertz CT molecular complexity index is 274. The molecule has 0 saturated heterocycles. The molecule has 0 aromatic carbocycles. The molecule has 1 amide bonds. The first-order valence-corrected chi connectivity index (χ1v) is 5.32. The molecular weight excluding hydrogens is 208 g/mol. The summed E-state index contributed by atoms with van der Waals surface area (Å²) in [4.78, 5) is 23.6. The molecule has 0 rings (SSSR count). The summed E-state index contributed by atoms with van der Waals surface area (Å²) in [6, 6.07) is 0. The van der Waals surface area contributed by atoms with E-state index in [4.69, 9.17) is 5.11 Å². The van der Waals surface area contributed by atoms with Gasteiger partial charge < -0.3 is 10.4 Å². The zero-order valence-electron chi connectivity index (χ0n) is 10.1. The number of aliphatic carboxylic acids is 1. The minimum atomic E-state index is -0.927. The Labute approximate surface area is 96.1 Å². The highest BCUT2D eigenvalue weighted by Gasteiger charge is 2.05. The zero-order valence-corrected chi connectivity index (χ0v) is 10.1. The fourth-order valence-electron chi connectivity index (χ4n) is 1.01. The molecule has 0 bridgehead atoms. The largest absolute Gasteiger partial charge is 0.478 e. The van der Waals surface area contributed by atoms with E-state index in [-0.39, 0.29) is 12.5 Å². The van der Waals surface area contributed by atoms with Crippen molar-refractivity contribution in [3.8, 4) is 0 Å². The Morgan fingerprint density at radius 2 is 2.06 bits per heavy atom. The Balaban J connectivity index is 3.90. The SMILES string of the molecule is CCCNC(=O)CN(C)CC=C(C)C(=O)O. The predicted molar refractivity (Wildman–Crippen MR) is 62.2 cm³/mol. The van der Waals surface area contributed by atoms with Crippen LogP contribution in [0.25, 0.3) is 0 Å². The van der Waals surface area contributed by atoms with Crippen LogP contribution in [0.5, 0.6) is 0 Å². The molecule has 0 aromatic heterocycles. The van der Waals surface area contributed by atoms with Crippen molar-refractivity contribution in [3.63, 3.8) is 0 Å². The quantitative estimate of drug-likeness (QED) is 0.622. The van der Waals surface area contributed by atoms with E-state index < -0.39 is 5.97 Å². The summed E-state index contributed by atoms with van der Waals surface area (Å²) in [5.74, 6) is -0.963. The topological polar surface area (TPSA) is 69.6 Å². The average molecular weight is 228 g/mol. The summed E-state index contributed by atoms with van der Waals surface area (Å²) >= 11 is 0. The molecule has 0 aliphatic rings. The van der Waals surface area contributed by atoms with Crippen LogP contribution in [0.4, 0.5) is 0 Å². The fraction of sp³-hybridized carbons (Fsp3) is 0.636. The summed E-state index contributed by atoms with van der Waals surface area (Å²) in [5.41, 5.74) is 0.292. The van der Waals surface area contributed by atoms with Crippen LogP contribution in [0.3, 0.4) is 0 Å². The lowest BCUT2D eigenvalue weighted by atomic mass is 10.3. The number of carboxylic acid groups (broad SMARTS) is 1. The number of carboxylic acids is 1. The van der Waals surface area contributed by atoms with Crippen molar-refractivity contribution in [3.05, 3.63) is 11.6 Å². The van der Waals surface area contributed by atoms with Crippen LogP contribution >= 0.6 is 0 Å². The number of carbonyl (C=O) groups excluding carboxylic acids is 1. The molecule has 0 fully saturated rings. The molecule has 0 unspecified atom stereocenters. The van der Waals surface area contributed by atoms with Gasteiger partial charge in [0, 0.05) is 18.7 Å². The summed E-state index contributed by atoms with van der Waals surface area (Å²) in [6.45, 7) is 4.94. The maximum absolute atomic E-state index is 11.3. The number of amides is 1. The molecular formula is C11H20N2O3. The van der Waals surface area contributed by atoms with Crippen LogP contribution < -0.4 is 5.32 Å². The van der Waals surface area contributed by atoms with E-state index in [0.29, 0.717) is 18.7 Å². The van der Waals surface area contributed by atoms with Crippen LogP contribution in [-0.4, -0.2) is 48.6 Å². The van der Waals surface area contributed by atoms with Gasteiger partial charge in [-0.2, -0.15) is 0 Å². The normalized spacial score (nSPS) is 11.6. The number of hydrogen-bond donors (Lipinski definition) is 2. The van der Waals surface area contributed by atoms with Gasteiger partial charge in [0.05, 0.1) is 6.54 Å². The van der Waals surface area contributed by atoms with Gasteiger partial charge in [-0.3, -0.25) is 9.69 Å². The van der Waals surface area contributed by atoms with Crippen LogP contribution in [0.1, 0.15) is 20.3 Å². The van der Waals surface area contributed by atoms with E-state index in [2.05, 4.69) is 5.32 Å². The number of carbonyl (C=O) groups is 2. The van der Waals surface area contributed by atoms with Gasteiger partial charge in [0.2, 0.25) is 5.91 Å². The monoisotopic (exact) mass is 228 g/mol. The number of rotatable bonds is 7. The van der Waals surface area contributed by atoms with Gasteiger partial charge in [-0.15, -0.1) is 0 Å². The summed E-state index contributed by atoms with van der Waals surface area (Å²) in [7, 11) is 1.77.